The van der Waals surface area contributed by atoms with Gasteiger partial charge >= 0.3 is 5.97 Å². The average Bonchev–Trinajstić information content (AvgIpc) is 3.30. The van der Waals surface area contributed by atoms with Gasteiger partial charge in [0.1, 0.15) is 11.4 Å². The molecular formula is C29H26N2O4. The molecule has 0 aliphatic rings. The maximum atomic E-state index is 11.0. The third-order valence-electron chi connectivity index (χ3n) is 6.03. The molecule has 176 valence electrons. The molecule has 0 radical (unpaired) electrons. The number of carboxylic acid groups (broad SMARTS) is 1. The fraction of sp³-hybridized carbons (Fsp3) is 0.207. The summed E-state index contributed by atoms with van der Waals surface area (Å²) in [5, 5.41) is 15.4. The molecule has 0 amide bonds. The molecule has 0 saturated heterocycles. The molecule has 0 fully saturated rings. The molecule has 0 spiro atoms. The molecule has 2 aromatic heterocycles. The van der Waals surface area contributed by atoms with Crippen molar-refractivity contribution in [2.45, 2.75) is 32.6 Å². The number of carboxylic acids is 1. The van der Waals surface area contributed by atoms with E-state index in [1.807, 2.05) is 72.8 Å². The van der Waals surface area contributed by atoms with Crippen molar-refractivity contribution in [2.24, 2.45) is 0 Å². The molecule has 5 aromatic rings. The van der Waals surface area contributed by atoms with Gasteiger partial charge in [-0.05, 0) is 36.2 Å². The number of benzene rings is 3. The van der Waals surface area contributed by atoms with Gasteiger partial charge < -0.3 is 14.4 Å². The van der Waals surface area contributed by atoms with E-state index < -0.39 is 5.97 Å². The first-order valence-electron chi connectivity index (χ1n) is 11.8. The van der Waals surface area contributed by atoms with Crippen LogP contribution in [0, 0.1) is 0 Å². The van der Waals surface area contributed by atoms with Crippen LogP contribution < -0.4 is 4.74 Å². The highest BCUT2D eigenvalue weighted by Gasteiger charge is 2.17. The Morgan fingerprint density at radius 2 is 1.83 bits per heavy atom. The lowest BCUT2D eigenvalue weighted by Gasteiger charge is -2.12. The number of rotatable bonds is 9. The summed E-state index contributed by atoms with van der Waals surface area (Å²) < 4.78 is 12.0. The molecule has 1 N–H and O–H groups in total. The van der Waals surface area contributed by atoms with Gasteiger partial charge in [-0.3, -0.25) is 9.78 Å². The van der Waals surface area contributed by atoms with Crippen molar-refractivity contribution in [1.29, 1.82) is 0 Å². The largest absolute Gasteiger partial charge is 0.493 e. The normalized spacial score (nSPS) is 11.2. The molecule has 0 aliphatic heterocycles. The van der Waals surface area contributed by atoms with E-state index in [0.717, 1.165) is 68.5 Å². The Bertz CT molecular complexity index is 1490. The highest BCUT2D eigenvalue weighted by molar-refractivity contribution is 5.94. The van der Waals surface area contributed by atoms with Crippen LogP contribution in [0.4, 0.5) is 0 Å². The Labute approximate surface area is 203 Å². The van der Waals surface area contributed by atoms with E-state index in [-0.39, 0.29) is 6.42 Å². The minimum atomic E-state index is -0.851. The fourth-order valence-electron chi connectivity index (χ4n) is 4.36. The minimum Gasteiger partial charge on any atom is -0.493 e. The number of aliphatic carboxylic acids is 1. The number of aryl methyl sites for hydroxylation is 1. The van der Waals surface area contributed by atoms with Gasteiger partial charge in [-0.1, -0.05) is 67.0 Å². The SMILES string of the molecule is CCCc1c(OCCc2ccc3ccc(CC(=O)O)cc3n2)ccc2c(-c3ccccc3)noc12. The number of ether oxygens (including phenoxy) is 1. The summed E-state index contributed by atoms with van der Waals surface area (Å²) in [6.45, 7) is 2.60. The number of nitrogens with zero attached hydrogens (tertiary/aromatic N) is 2. The van der Waals surface area contributed by atoms with E-state index in [0.29, 0.717) is 13.0 Å². The number of hydrogen-bond acceptors (Lipinski definition) is 5. The van der Waals surface area contributed by atoms with E-state index in [9.17, 15) is 4.79 Å². The Morgan fingerprint density at radius 3 is 2.63 bits per heavy atom. The van der Waals surface area contributed by atoms with Crippen molar-refractivity contribution >= 4 is 27.8 Å². The van der Waals surface area contributed by atoms with E-state index in [1.165, 1.54) is 0 Å². The molecule has 0 atom stereocenters. The third-order valence-corrected chi connectivity index (χ3v) is 6.03. The van der Waals surface area contributed by atoms with Gasteiger partial charge in [-0.25, -0.2) is 0 Å². The molecule has 3 aromatic carbocycles. The molecule has 0 bridgehead atoms. The topological polar surface area (TPSA) is 85.5 Å². The summed E-state index contributed by atoms with van der Waals surface area (Å²) >= 11 is 0. The van der Waals surface area contributed by atoms with Crippen molar-refractivity contribution in [1.82, 2.24) is 10.1 Å². The van der Waals surface area contributed by atoms with Gasteiger partial charge in [0.05, 0.1) is 23.9 Å². The highest BCUT2D eigenvalue weighted by Crippen LogP contribution is 2.35. The smallest absolute Gasteiger partial charge is 0.307 e. The minimum absolute atomic E-state index is 0.0126. The first-order chi connectivity index (χ1) is 17.1. The predicted octanol–water partition coefficient (Wildman–Crippen LogP) is 6.24. The summed E-state index contributed by atoms with van der Waals surface area (Å²) in [4.78, 5) is 15.7. The van der Waals surface area contributed by atoms with E-state index in [4.69, 9.17) is 19.4 Å². The van der Waals surface area contributed by atoms with Crippen LogP contribution in [-0.2, 0) is 24.1 Å². The standard InChI is InChI=1S/C29H26N2O4/c1-2-6-23-26(14-13-24-28(31-35-29(23)24)21-7-4-3-5-8-21)34-16-15-22-12-11-20-10-9-19(18-27(32)33)17-25(20)30-22/h3-5,7-14,17H,2,6,15-16,18H2,1H3,(H,32,33). The van der Waals surface area contributed by atoms with Gasteiger partial charge in [0.2, 0.25) is 0 Å². The van der Waals surface area contributed by atoms with Crippen LogP contribution in [0.3, 0.4) is 0 Å². The quantitative estimate of drug-likeness (QED) is 0.277. The zero-order valence-corrected chi connectivity index (χ0v) is 19.5. The molecular weight excluding hydrogens is 440 g/mol. The summed E-state index contributed by atoms with van der Waals surface area (Å²) in [5.41, 5.74) is 6.11. The number of fused-ring (bicyclic) bond motifs is 2. The molecule has 0 aliphatic carbocycles. The van der Waals surface area contributed by atoms with E-state index in [2.05, 4.69) is 12.1 Å². The zero-order chi connectivity index (χ0) is 24.2. The van der Waals surface area contributed by atoms with Crippen LogP contribution >= 0.6 is 0 Å². The van der Waals surface area contributed by atoms with Gasteiger partial charge in [-0.15, -0.1) is 0 Å². The van der Waals surface area contributed by atoms with Crippen molar-refractivity contribution in [3.63, 3.8) is 0 Å². The molecule has 0 unspecified atom stereocenters. The summed E-state index contributed by atoms with van der Waals surface area (Å²) in [6.07, 6.45) is 2.41. The Hall–Kier alpha value is -4.19. The fourth-order valence-corrected chi connectivity index (χ4v) is 4.36. The van der Waals surface area contributed by atoms with Gasteiger partial charge in [0, 0.05) is 28.6 Å². The molecule has 35 heavy (non-hydrogen) atoms. The van der Waals surface area contributed by atoms with Crippen LogP contribution in [0.15, 0.2) is 77.3 Å². The second-order valence-corrected chi connectivity index (χ2v) is 8.56. The summed E-state index contributed by atoms with van der Waals surface area (Å²) in [7, 11) is 0. The maximum absolute atomic E-state index is 11.0. The predicted molar refractivity (Wildman–Crippen MR) is 136 cm³/mol. The van der Waals surface area contributed by atoms with Crippen molar-refractivity contribution in [3.8, 4) is 17.0 Å². The van der Waals surface area contributed by atoms with E-state index in [1.54, 1.807) is 0 Å². The van der Waals surface area contributed by atoms with Gasteiger partial charge in [0.15, 0.2) is 5.58 Å². The van der Waals surface area contributed by atoms with E-state index >= 15 is 0 Å². The van der Waals surface area contributed by atoms with Crippen molar-refractivity contribution < 1.29 is 19.2 Å². The second-order valence-electron chi connectivity index (χ2n) is 8.56. The third kappa shape index (κ3) is 4.87. The monoisotopic (exact) mass is 466 g/mol. The number of carbonyl (C=O) groups is 1. The number of pyridine rings is 1. The average molecular weight is 467 g/mol. The highest BCUT2D eigenvalue weighted by atomic mass is 16.5. The Morgan fingerprint density at radius 1 is 1.00 bits per heavy atom. The maximum Gasteiger partial charge on any atom is 0.307 e. The van der Waals surface area contributed by atoms with Crippen LogP contribution in [0.25, 0.3) is 33.1 Å². The van der Waals surface area contributed by atoms with Crippen molar-refractivity contribution in [2.75, 3.05) is 6.61 Å². The number of aromatic nitrogens is 2. The second kappa shape index (κ2) is 9.97. The van der Waals surface area contributed by atoms with Crippen LogP contribution in [0.5, 0.6) is 5.75 Å². The van der Waals surface area contributed by atoms with Crippen LogP contribution in [-0.4, -0.2) is 27.8 Å². The number of hydrogen-bond donors (Lipinski definition) is 1. The molecule has 6 heteroatoms. The van der Waals surface area contributed by atoms with Gasteiger partial charge in [-0.2, -0.15) is 0 Å². The Kier molecular flexibility index (Phi) is 6.44. The lowest BCUT2D eigenvalue weighted by Crippen LogP contribution is -2.05. The van der Waals surface area contributed by atoms with Gasteiger partial charge in [0.25, 0.3) is 0 Å². The first-order valence-corrected chi connectivity index (χ1v) is 11.8. The molecule has 6 nitrogen and oxygen atoms in total. The Balaban J connectivity index is 1.35. The molecule has 0 saturated carbocycles. The van der Waals surface area contributed by atoms with Crippen molar-refractivity contribution in [3.05, 3.63) is 89.6 Å². The zero-order valence-electron chi connectivity index (χ0n) is 19.5. The summed E-state index contributed by atoms with van der Waals surface area (Å²) in [6, 6.07) is 23.6. The summed E-state index contributed by atoms with van der Waals surface area (Å²) in [5.74, 6) is -0.0453. The first kappa shape index (κ1) is 22.6. The molecule has 5 rings (SSSR count). The molecule has 2 heterocycles. The van der Waals surface area contributed by atoms with Crippen LogP contribution in [0.1, 0.15) is 30.2 Å². The lowest BCUT2D eigenvalue weighted by molar-refractivity contribution is -0.136. The van der Waals surface area contributed by atoms with Crippen LogP contribution in [0.2, 0.25) is 0 Å². The lowest BCUT2D eigenvalue weighted by atomic mass is 10.0.